The fourth-order valence-electron chi connectivity index (χ4n) is 2.72. The number of hydrogen-bond donors (Lipinski definition) is 1. The second-order valence-corrected chi connectivity index (χ2v) is 6.89. The summed E-state index contributed by atoms with van der Waals surface area (Å²) in [6, 6.07) is 0. The molecule has 1 N–H and O–H groups in total. The molecule has 0 spiro atoms. The number of anilines is 2. The van der Waals surface area contributed by atoms with Crippen molar-refractivity contribution in [2.24, 2.45) is 7.05 Å². The van der Waals surface area contributed by atoms with Crippen LogP contribution < -0.4 is 15.4 Å². The minimum absolute atomic E-state index is 0.151. The van der Waals surface area contributed by atoms with E-state index in [4.69, 9.17) is 0 Å². The van der Waals surface area contributed by atoms with Gasteiger partial charge in [-0.1, -0.05) is 11.3 Å². The molecule has 0 aliphatic carbocycles. The summed E-state index contributed by atoms with van der Waals surface area (Å²) < 4.78 is 1.63. The van der Waals surface area contributed by atoms with E-state index >= 15 is 0 Å². The van der Waals surface area contributed by atoms with Crippen LogP contribution in [0.3, 0.4) is 0 Å². The van der Waals surface area contributed by atoms with E-state index in [0.717, 1.165) is 23.8 Å². The molecule has 0 saturated heterocycles. The Kier molecular flexibility index (Phi) is 3.12. The third kappa shape index (κ3) is 2.27. The zero-order chi connectivity index (χ0) is 16.1. The number of nitrogens with zero attached hydrogens (tertiary/aromatic N) is 6. The first kappa shape index (κ1) is 14.2. The number of aryl methyl sites for hydroxylation is 1. The van der Waals surface area contributed by atoms with Gasteiger partial charge in [-0.05, 0) is 0 Å². The van der Waals surface area contributed by atoms with E-state index in [2.05, 4.69) is 25.0 Å². The van der Waals surface area contributed by atoms with E-state index in [0.29, 0.717) is 23.5 Å². The largest absolute Gasteiger partial charge is 0.354 e. The molecule has 0 saturated carbocycles. The molecule has 0 amide bonds. The quantitative estimate of drug-likeness (QED) is 0.746. The Morgan fingerprint density at radius 2 is 2.17 bits per heavy atom. The lowest BCUT2D eigenvalue weighted by Crippen LogP contribution is -2.32. The van der Waals surface area contributed by atoms with E-state index in [1.165, 1.54) is 4.88 Å². The Labute approximate surface area is 136 Å². The summed E-state index contributed by atoms with van der Waals surface area (Å²) in [5, 5.41) is 5.63. The van der Waals surface area contributed by atoms with Gasteiger partial charge >= 0.3 is 0 Å². The minimum atomic E-state index is -0.151. The van der Waals surface area contributed by atoms with E-state index in [-0.39, 0.29) is 5.56 Å². The average Bonchev–Trinajstić information content (AvgIpc) is 3.11. The molecule has 0 radical (unpaired) electrons. The van der Waals surface area contributed by atoms with E-state index < -0.39 is 0 Å². The van der Waals surface area contributed by atoms with Crippen molar-refractivity contribution >= 4 is 33.5 Å². The lowest BCUT2D eigenvalue weighted by atomic mass is 10.2. The Bertz CT molecular complexity index is 938. The molecule has 1 aliphatic rings. The molecule has 4 rings (SSSR count). The standard InChI is InChI=1S/C14H17N7OS/c1-19(2)14-16-9-4-5-21(7-10(9)23-14)13-17-11-8(12(22)18-13)6-15-20(11)3/h6H,4-5,7H2,1-3H3,(H,17,18,22). The molecule has 1 aliphatic heterocycles. The molecule has 9 heteroatoms. The highest BCUT2D eigenvalue weighted by atomic mass is 32.1. The van der Waals surface area contributed by atoms with E-state index in [1.54, 1.807) is 29.3 Å². The Morgan fingerprint density at radius 1 is 1.35 bits per heavy atom. The van der Waals surface area contributed by atoms with E-state index in [9.17, 15) is 4.79 Å². The maximum absolute atomic E-state index is 12.2. The van der Waals surface area contributed by atoms with E-state index in [1.807, 2.05) is 19.0 Å². The summed E-state index contributed by atoms with van der Waals surface area (Å²) in [5.41, 5.74) is 1.61. The van der Waals surface area contributed by atoms with Crippen LogP contribution in [-0.4, -0.2) is 45.4 Å². The zero-order valence-corrected chi connectivity index (χ0v) is 14.0. The number of rotatable bonds is 2. The predicted octanol–water partition coefficient (Wildman–Crippen LogP) is 0.742. The van der Waals surface area contributed by atoms with Gasteiger partial charge in [0, 0.05) is 39.0 Å². The highest BCUT2D eigenvalue weighted by Gasteiger charge is 2.23. The molecular formula is C14H17N7OS. The normalized spacial score (nSPS) is 14.3. The first-order valence-corrected chi connectivity index (χ1v) is 8.17. The summed E-state index contributed by atoms with van der Waals surface area (Å²) >= 11 is 1.69. The van der Waals surface area contributed by atoms with Crippen molar-refractivity contribution in [3.63, 3.8) is 0 Å². The summed E-state index contributed by atoms with van der Waals surface area (Å²) in [6.07, 6.45) is 2.40. The van der Waals surface area contributed by atoms with Crippen LogP contribution in [0.5, 0.6) is 0 Å². The molecule has 23 heavy (non-hydrogen) atoms. The van der Waals surface area contributed by atoms with Gasteiger partial charge in [-0.3, -0.25) is 14.5 Å². The van der Waals surface area contributed by atoms with Crippen molar-refractivity contribution in [2.75, 3.05) is 30.4 Å². The molecule has 3 aromatic rings. The van der Waals surface area contributed by atoms with Crippen molar-refractivity contribution in [2.45, 2.75) is 13.0 Å². The van der Waals surface area contributed by atoms with Crippen molar-refractivity contribution in [3.05, 3.63) is 27.1 Å². The number of aromatic nitrogens is 5. The van der Waals surface area contributed by atoms with Crippen LogP contribution >= 0.6 is 11.3 Å². The average molecular weight is 331 g/mol. The van der Waals surface area contributed by atoms with Gasteiger partial charge in [-0.25, -0.2) is 4.98 Å². The van der Waals surface area contributed by atoms with Gasteiger partial charge in [0.1, 0.15) is 5.39 Å². The number of hydrogen-bond acceptors (Lipinski definition) is 7. The molecule has 0 aromatic carbocycles. The zero-order valence-electron chi connectivity index (χ0n) is 13.2. The fourth-order valence-corrected chi connectivity index (χ4v) is 3.77. The van der Waals surface area contributed by atoms with Gasteiger partial charge < -0.3 is 9.80 Å². The maximum atomic E-state index is 12.2. The Hall–Kier alpha value is -2.42. The van der Waals surface area contributed by atoms with Gasteiger partial charge in [-0.15, -0.1) is 0 Å². The van der Waals surface area contributed by atoms with Gasteiger partial charge in [-0.2, -0.15) is 10.1 Å². The highest BCUT2D eigenvalue weighted by molar-refractivity contribution is 7.15. The molecule has 120 valence electrons. The molecule has 0 fully saturated rings. The third-order valence-electron chi connectivity index (χ3n) is 3.99. The molecular weight excluding hydrogens is 314 g/mol. The summed E-state index contributed by atoms with van der Waals surface area (Å²) in [4.78, 5) is 29.7. The van der Waals surface area contributed by atoms with Crippen LogP contribution in [0.15, 0.2) is 11.0 Å². The molecule has 3 aromatic heterocycles. The molecule has 0 bridgehead atoms. The SMILES string of the molecule is CN(C)c1nc2c(s1)CN(c1nc3c(cnn3C)c(=O)[nH]1)CC2. The molecule has 4 heterocycles. The predicted molar refractivity (Wildman–Crippen MR) is 90.3 cm³/mol. The lowest BCUT2D eigenvalue weighted by molar-refractivity contribution is 0.702. The first-order valence-electron chi connectivity index (χ1n) is 7.36. The van der Waals surface area contributed by atoms with Crippen molar-refractivity contribution in [1.29, 1.82) is 0 Å². The number of fused-ring (bicyclic) bond motifs is 2. The second-order valence-electron chi connectivity index (χ2n) is 5.83. The smallest absolute Gasteiger partial charge is 0.263 e. The fraction of sp³-hybridized carbons (Fsp3) is 0.429. The molecule has 0 unspecified atom stereocenters. The highest BCUT2D eigenvalue weighted by Crippen LogP contribution is 2.30. The topological polar surface area (TPSA) is 82.9 Å². The number of H-pyrrole nitrogens is 1. The summed E-state index contributed by atoms with van der Waals surface area (Å²) in [5.74, 6) is 0.594. The second kappa shape index (κ2) is 5.05. The van der Waals surface area contributed by atoms with Crippen LogP contribution in [0.4, 0.5) is 11.1 Å². The maximum Gasteiger partial charge on any atom is 0.263 e. The Balaban J connectivity index is 1.71. The van der Waals surface area contributed by atoms with Crippen molar-refractivity contribution < 1.29 is 0 Å². The van der Waals surface area contributed by atoms with Gasteiger partial charge in [0.2, 0.25) is 5.95 Å². The summed E-state index contributed by atoms with van der Waals surface area (Å²) in [7, 11) is 5.79. The van der Waals surface area contributed by atoms with Gasteiger partial charge in [0.25, 0.3) is 5.56 Å². The number of thiazole rings is 1. The van der Waals surface area contributed by atoms with Crippen molar-refractivity contribution in [1.82, 2.24) is 24.7 Å². The number of nitrogens with one attached hydrogen (secondary N) is 1. The minimum Gasteiger partial charge on any atom is -0.354 e. The van der Waals surface area contributed by atoms with Crippen LogP contribution in [0.2, 0.25) is 0 Å². The van der Waals surface area contributed by atoms with Crippen LogP contribution in [-0.2, 0) is 20.0 Å². The molecule has 0 atom stereocenters. The van der Waals surface area contributed by atoms with Crippen molar-refractivity contribution in [3.8, 4) is 0 Å². The van der Waals surface area contributed by atoms with Gasteiger partial charge in [0.05, 0.1) is 18.4 Å². The third-order valence-corrected chi connectivity index (χ3v) is 5.24. The summed E-state index contributed by atoms with van der Waals surface area (Å²) in [6.45, 7) is 1.50. The number of aromatic amines is 1. The van der Waals surface area contributed by atoms with Gasteiger partial charge in [0.15, 0.2) is 10.8 Å². The molecule has 8 nitrogen and oxygen atoms in total. The van der Waals surface area contributed by atoms with Crippen LogP contribution in [0.1, 0.15) is 10.6 Å². The Morgan fingerprint density at radius 3 is 2.96 bits per heavy atom. The first-order chi connectivity index (χ1) is 11.0. The van der Waals surface area contributed by atoms with Crippen LogP contribution in [0, 0.1) is 0 Å². The monoisotopic (exact) mass is 331 g/mol. The van der Waals surface area contributed by atoms with Crippen LogP contribution in [0.25, 0.3) is 11.0 Å². The lowest BCUT2D eigenvalue weighted by Gasteiger charge is -2.26.